The van der Waals surface area contributed by atoms with E-state index in [2.05, 4.69) is 0 Å². The molecule has 0 amide bonds. The fraction of sp³-hybridized carbons (Fsp3) is 0.0667. The van der Waals surface area contributed by atoms with Crippen molar-refractivity contribution < 1.29 is 13.9 Å². The third-order valence-corrected chi connectivity index (χ3v) is 3.12. The minimum absolute atomic E-state index is 0.0549. The number of carbonyl (C=O) groups excluding carboxylic acids is 1. The van der Waals surface area contributed by atoms with Gasteiger partial charge in [0.05, 0.1) is 22.9 Å². The molecule has 0 atom stereocenters. The molecular weight excluding hydrogens is 295 g/mol. The lowest BCUT2D eigenvalue weighted by Gasteiger charge is -2.07. The van der Waals surface area contributed by atoms with Gasteiger partial charge in [-0.3, -0.25) is 0 Å². The molecule has 0 saturated heterocycles. The Kier molecular flexibility index (Phi) is 4.41. The zero-order chi connectivity index (χ0) is 15.4. The second kappa shape index (κ2) is 6.25. The zero-order valence-electron chi connectivity index (χ0n) is 10.8. The first-order valence-electron chi connectivity index (χ1n) is 5.92. The molecule has 0 unspecified atom stereocenters. The van der Waals surface area contributed by atoms with Crippen LogP contribution in [0.5, 0.6) is 0 Å². The maximum Gasteiger partial charge on any atom is 0.338 e. The van der Waals surface area contributed by atoms with Gasteiger partial charge in [-0.05, 0) is 30.3 Å². The highest BCUT2D eigenvalue weighted by Gasteiger charge is 2.11. The SMILES string of the molecule is N#Cc1ccc(COC(=O)c2ccc(F)c(N)c2)c(Cl)c1. The summed E-state index contributed by atoms with van der Waals surface area (Å²) in [5, 5.41) is 9.07. The number of hydrogen-bond acceptors (Lipinski definition) is 4. The summed E-state index contributed by atoms with van der Waals surface area (Å²) in [5.41, 5.74) is 6.40. The number of benzene rings is 2. The molecule has 106 valence electrons. The number of anilines is 1. The van der Waals surface area contributed by atoms with Crippen LogP contribution in [0, 0.1) is 17.1 Å². The number of hydrogen-bond donors (Lipinski definition) is 1. The fourth-order valence-corrected chi connectivity index (χ4v) is 1.87. The highest BCUT2D eigenvalue weighted by atomic mass is 35.5. The second-order valence-electron chi connectivity index (χ2n) is 4.23. The van der Waals surface area contributed by atoms with Gasteiger partial charge in [-0.25, -0.2) is 9.18 Å². The summed E-state index contributed by atoms with van der Waals surface area (Å²) in [6.07, 6.45) is 0. The predicted octanol–water partition coefficient (Wildman–Crippen LogP) is 3.29. The van der Waals surface area contributed by atoms with Crippen LogP contribution in [-0.4, -0.2) is 5.97 Å². The molecule has 0 spiro atoms. The van der Waals surface area contributed by atoms with E-state index in [1.807, 2.05) is 6.07 Å². The highest BCUT2D eigenvalue weighted by molar-refractivity contribution is 6.31. The molecule has 0 saturated carbocycles. The van der Waals surface area contributed by atoms with Crippen LogP contribution in [0.1, 0.15) is 21.5 Å². The van der Waals surface area contributed by atoms with Crippen molar-refractivity contribution in [1.82, 2.24) is 0 Å². The van der Waals surface area contributed by atoms with Gasteiger partial charge >= 0.3 is 5.97 Å². The number of nitrogens with two attached hydrogens (primary N) is 1. The van der Waals surface area contributed by atoms with Gasteiger partial charge in [-0.2, -0.15) is 5.26 Å². The molecular formula is C15H10ClFN2O2. The van der Waals surface area contributed by atoms with Gasteiger partial charge in [0, 0.05) is 10.6 Å². The average molecular weight is 305 g/mol. The lowest BCUT2D eigenvalue weighted by molar-refractivity contribution is 0.0473. The summed E-state index contributed by atoms with van der Waals surface area (Å²) >= 11 is 5.97. The van der Waals surface area contributed by atoms with Crippen molar-refractivity contribution >= 4 is 23.3 Å². The first-order chi connectivity index (χ1) is 10.0. The molecule has 0 aromatic heterocycles. The average Bonchev–Trinajstić information content (AvgIpc) is 2.48. The summed E-state index contributed by atoms with van der Waals surface area (Å²) < 4.78 is 18.1. The van der Waals surface area contributed by atoms with E-state index in [0.29, 0.717) is 16.1 Å². The Balaban J connectivity index is 2.07. The number of ether oxygens (including phenoxy) is 1. The highest BCUT2D eigenvalue weighted by Crippen LogP contribution is 2.19. The molecule has 21 heavy (non-hydrogen) atoms. The molecule has 0 fully saturated rings. The summed E-state index contributed by atoms with van der Waals surface area (Å²) in [7, 11) is 0. The number of rotatable bonds is 3. The molecule has 0 radical (unpaired) electrons. The van der Waals surface area contributed by atoms with E-state index in [4.69, 9.17) is 27.3 Å². The Morgan fingerprint density at radius 2 is 2.10 bits per heavy atom. The monoisotopic (exact) mass is 304 g/mol. The molecule has 2 N–H and O–H groups in total. The minimum atomic E-state index is -0.637. The zero-order valence-corrected chi connectivity index (χ0v) is 11.5. The Morgan fingerprint density at radius 3 is 2.71 bits per heavy atom. The third kappa shape index (κ3) is 3.50. The maximum atomic E-state index is 13.0. The van der Waals surface area contributed by atoms with E-state index in [1.165, 1.54) is 18.2 Å². The topological polar surface area (TPSA) is 76.1 Å². The van der Waals surface area contributed by atoms with Crippen LogP contribution >= 0.6 is 11.6 Å². The Bertz CT molecular complexity index is 741. The van der Waals surface area contributed by atoms with Crippen LogP contribution in [0.4, 0.5) is 10.1 Å². The van der Waals surface area contributed by atoms with Gasteiger partial charge < -0.3 is 10.5 Å². The molecule has 0 aliphatic carbocycles. The predicted molar refractivity (Wildman–Crippen MR) is 76.1 cm³/mol. The van der Waals surface area contributed by atoms with Gasteiger partial charge in [-0.1, -0.05) is 17.7 Å². The van der Waals surface area contributed by atoms with Crippen molar-refractivity contribution in [3.8, 4) is 6.07 Å². The van der Waals surface area contributed by atoms with Crippen molar-refractivity contribution in [3.05, 3.63) is 63.9 Å². The first-order valence-corrected chi connectivity index (χ1v) is 6.29. The van der Waals surface area contributed by atoms with Crippen LogP contribution in [-0.2, 0) is 11.3 Å². The molecule has 6 heteroatoms. The van der Waals surface area contributed by atoms with Crippen molar-refractivity contribution in [2.75, 3.05) is 5.73 Å². The fourth-order valence-electron chi connectivity index (χ4n) is 1.63. The summed E-state index contributed by atoms with van der Waals surface area (Å²) in [5.74, 6) is -1.23. The Labute approximate surface area is 125 Å². The van der Waals surface area contributed by atoms with Gasteiger partial charge in [-0.15, -0.1) is 0 Å². The standard InChI is InChI=1S/C15H10ClFN2O2/c16-12-5-9(7-18)1-2-11(12)8-21-15(20)10-3-4-13(17)14(19)6-10/h1-6H,8,19H2. The number of nitriles is 1. The molecule has 0 aliphatic rings. The minimum Gasteiger partial charge on any atom is -0.457 e. The molecule has 4 nitrogen and oxygen atoms in total. The summed E-state index contributed by atoms with van der Waals surface area (Å²) in [6.45, 7) is -0.0549. The van der Waals surface area contributed by atoms with Crippen LogP contribution in [0.25, 0.3) is 0 Å². The van der Waals surface area contributed by atoms with Crippen molar-refractivity contribution in [2.45, 2.75) is 6.61 Å². The number of nitrogens with zero attached hydrogens (tertiary/aromatic N) is 1. The number of esters is 1. The van der Waals surface area contributed by atoms with Gasteiger partial charge in [0.1, 0.15) is 12.4 Å². The quantitative estimate of drug-likeness (QED) is 0.697. The lowest BCUT2D eigenvalue weighted by atomic mass is 10.1. The normalized spacial score (nSPS) is 9.95. The van der Waals surface area contributed by atoms with E-state index in [0.717, 1.165) is 6.07 Å². The maximum absolute atomic E-state index is 13.0. The van der Waals surface area contributed by atoms with E-state index in [1.54, 1.807) is 12.1 Å². The van der Waals surface area contributed by atoms with Crippen LogP contribution < -0.4 is 5.73 Å². The number of nitrogen functional groups attached to an aromatic ring is 1. The molecule has 0 bridgehead atoms. The van der Waals surface area contributed by atoms with Crippen LogP contribution in [0.15, 0.2) is 36.4 Å². The van der Waals surface area contributed by atoms with E-state index < -0.39 is 11.8 Å². The Hall–Kier alpha value is -2.58. The number of halogens is 2. The lowest BCUT2D eigenvalue weighted by Crippen LogP contribution is -2.06. The molecule has 2 rings (SSSR count). The van der Waals surface area contributed by atoms with E-state index in [-0.39, 0.29) is 17.9 Å². The first kappa shape index (κ1) is 14.8. The summed E-state index contributed by atoms with van der Waals surface area (Å²) in [4.78, 5) is 11.8. The van der Waals surface area contributed by atoms with E-state index >= 15 is 0 Å². The smallest absolute Gasteiger partial charge is 0.338 e. The third-order valence-electron chi connectivity index (χ3n) is 2.77. The van der Waals surface area contributed by atoms with Crippen molar-refractivity contribution in [3.63, 3.8) is 0 Å². The van der Waals surface area contributed by atoms with Crippen molar-refractivity contribution in [2.24, 2.45) is 0 Å². The molecule has 2 aromatic carbocycles. The van der Waals surface area contributed by atoms with Gasteiger partial charge in [0.15, 0.2) is 0 Å². The van der Waals surface area contributed by atoms with E-state index in [9.17, 15) is 9.18 Å². The van der Waals surface area contributed by atoms with Crippen LogP contribution in [0.2, 0.25) is 5.02 Å². The van der Waals surface area contributed by atoms with Gasteiger partial charge in [0.25, 0.3) is 0 Å². The van der Waals surface area contributed by atoms with Crippen LogP contribution in [0.3, 0.4) is 0 Å². The second-order valence-corrected chi connectivity index (χ2v) is 4.64. The largest absolute Gasteiger partial charge is 0.457 e. The van der Waals surface area contributed by atoms with Gasteiger partial charge in [0.2, 0.25) is 0 Å². The summed E-state index contributed by atoms with van der Waals surface area (Å²) in [6, 6.07) is 10.2. The molecule has 2 aromatic rings. The Morgan fingerprint density at radius 1 is 1.33 bits per heavy atom. The number of carbonyl (C=O) groups is 1. The molecule has 0 aliphatic heterocycles. The molecule has 0 heterocycles. The van der Waals surface area contributed by atoms with Crippen molar-refractivity contribution in [1.29, 1.82) is 5.26 Å².